The molecule has 2 aromatic carbocycles. The number of rotatable bonds is 6. The van der Waals surface area contributed by atoms with E-state index in [1.165, 1.54) is 24.3 Å². The zero-order valence-electron chi connectivity index (χ0n) is 20.7. The Morgan fingerprint density at radius 1 is 0.590 bits per heavy atom. The number of nitrogens with one attached hydrogen (secondary N) is 2. The Morgan fingerprint density at radius 3 is 1.28 bits per heavy atom. The summed E-state index contributed by atoms with van der Waals surface area (Å²) in [5.74, 6) is -7.36. The molecular weight excluding hydrogens is 524 g/mol. The first-order valence-corrected chi connectivity index (χ1v) is 14.4. The number of benzene rings is 2. The maximum atomic E-state index is 13.5. The van der Waals surface area contributed by atoms with Gasteiger partial charge in [0.25, 0.3) is 0 Å². The first-order chi connectivity index (χ1) is 18.6. The van der Waals surface area contributed by atoms with Gasteiger partial charge in [0.1, 0.15) is 0 Å². The molecule has 4 aliphatic carbocycles. The SMILES string of the molecule is O=C(NC1CCC1)C1C(=O)c2ccc(S(=O)(=O)c3ccc4c(c3)C(=O)C(C(=O)NC3CCC3)C4=O)cc2C1=O. The second-order valence-electron chi connectivity index (χ2n) is 10.5. The highest BCUT2D eigenvalue weighted by atomic mass is 32.2. The van der Waals surface area contributed by atoms with E-state index in [1.54, 1.807) is 0 Å². The lowest BCUT2D eigenvalue weighted by Crippen LogP contribution is -2.45. The third kappa shape index (κ3) is 3.94. The summed E-state index contributed by atoms with van der Waals surface area (Å²) in [6.45, 7) is 0. The molecule has 0 bridgehead atoms. The van der Waals surface area contributed by atoms with Crippen molar-refractivity contribution in [2.24, 2.45) is 11.8 Å². The molecule has 2 N–H and O–H groups in total. The van der Waals surface area contributed by atoms with Crippen molar-refractivity contribution >= 4 is 44.8 Å². The number of sulfone groups is 1. The molecule has 0 aromatic heterocycles. The highest BCUT2D eigenvalue weighted by Gasteiger charge is 2.46. The Morgan fingerprint density at radius 2 is 0.949 bits per heavy atom. The molecule has 4 aliphatic rings. The van der Waals surface area contributed by atoms with Crippen molar-refractivity contribution in [2.45, 2.75) is 60.4 Å². The Labute approximate surface area is 223 Å². The largest absolute Gasteiger partial charge is 0.352 e. The van der Waals surface area contributed by atoms with Crippen LogP contribution in [0.2, 0.25) is 0 Å². The lowest BCUT2D eigenvalue weighted by atomic mass is 9.92. The zero-order valence-corrected chi connectivity index (χ0v) is 21.5. The van der Waals surface area contributed by atoms with Gasteiger partial charge in [0.15, 0.2) is 35.0 Å². The van der Waals surface area contributed by atoms with Crippen LogP contribution in [0.3, 0.4) is 0 Å². The highest BCUT2D eigenvalue weighted by molar-refractivity contribution is 7.91. The summed E-state index contributed by atoms with van der Waals surface area (Å²) >= 11 is 0. The van der Waals surface area contributed by atoms with E-state index in [2.05, 4.69) is 10.6 Å². The van der Waals surface area contributed by atoms with Gasteiger partial charge in [0.05, 0.1) is 9.79 Å². The fourth-order valence-electron chi connectivity index (χ4n) is 5.37. The molecule has 11 heteroatoms. The third-order valence-corrected chi connectivity index (χ3v) is 9.89. The van der Waals surface area contributed by atoms with Crippen molar-refractivity contribution in [1.29, 1.82) is 0 Å². The van der Waals surface area contributed by atoms with E-state index in [0.717, 1.165) is 50.7 Å². The highest BCUT2D eigenvalue weighted by Crippen LogP contribution is 2.34. The molecule has 200 valence electrons. The molecule has 0 saturated heterocycles. The van der Waals surface area contributed by atoms with E-state index in [-0.39, 0.29) is 44.1 Å². The predicted octanol–water partition coefficient (Wildman–Crippen LogP) is 1.85. The molecule has 39 heavy (non-hydrogen) atoms. The van der Waals surface area contributed by atoms with Gasteiger partial charge in [-0.1, -0.05) is 0 Å². The monoisotopic (exact) mass is 548 g/mol. The van der Waals surface area contributed by atoms with Crippen LogP contribution in [0.25, 0.3) is 0 Å². The minimum Gasteiger partial charge on any atom is -0.352 e. The van der Waals surface area contributed by atoms with Crippen molar-refractivity contribution in [3.63, 3.8) is 0 Å². The first kappa shape index (κ1) is 25.3. The summed E-state index contributed by atoms with van der Waals surface area (Å²) < 4.78 is 26.9. The number of ketones is 4. The number of Topliss-reactive ketones (excluding diaryl/α,β-unsaturated/α-hetero) is 4. The van der Waals surface area contributed by atoms with E-state index in [4.69, 9.17) is 0 Å². The number of amides is 2. The van der Waals surface area contributed by atoms with E-state index >= 15 is 0 Å². The maximum absolute atomic E-state index is 13.5. The summed E-state index contributed by atoms with van der Waals surface area (Å²) in [5.41, 5.74) is -0.365. The first-order valence-electron chi connectivity index (χ1n) is 12.9. The molecule has 6 rings (SSSR count). The van der Waals surface area contributed by atoms with Crippen LogP contribution >= 0.6 is 0 Å². The Kier molecular flexibility index (Phi) is 5.87. The molecule has 0 aliphatic heterocycles. The second-order valence-corrected chi connectivity index (χ2v) is 12.5. The van der Waals surface area contributed by atoms with Crippen molar-refractivity contribution in [3.05, 3.63) is 58.7 Å². The van der Waals surface area contributed by atoms with Gasteiger partial charge >= 0.3 is 0 Å². The summed E-state index contributed by atoms with van der Waals surface area (Å²) in [7, 11) is -4.30. The van der Waals surface area contributed by atoms with Gasteiger partial charge in [-0.25, -0.2) is 8.42 Å². The fraction of sp³-hybridized carbons (Fsp3) is 0.357. The second kappa shape index (κ2) is 9.04. The molecule has 2 aromatic rings. The molecule has 0 spiro atoms. The van der Waals surface area contributed by atoms with Gasteiger partial charge < -0.3 is 10.6 Å². The molecule has 2 fully saturated rings. The van der Waals surface area contributed by atoms with Crippen molar-refractivity contribution < 1.29 is 37.2 Å². The average Bonchev–Trinajstić information content (AvgIpc) is 3.27. The molecule has 2 amide bonds. The zero-order chi connectivity index (χ0) is 27.6. The van der Waals surface area contributed by atoms with Crippen LogP contribution < -0.4 is 10.6 Å². The lowest BCUT2D eigenvalue weighted by Gasteiger charge is -2.27. The van der Waals surface area contributed by atoms with Crippen LogP contribution in [0.5, 0.6) is 0 Å². The predicted molar refractivity (Wildman–Crippen MR) is 134 cm³/mol. The van der Waals surface area contributed by atoms with E-state index < -0.39 is 56.6 Å². The summed E-state index contributed by atoms with van der Waals surface area (Å²) in [4.78, 5) is 76.2. The lowest BCUT2D eigenvalue weighted by molar-refractivity contribution is -0.124. The van der Waals surface area contributed by atoms with E-state index in [9.17, 15) is 37.2 Å². The minimum absolute atomic E-state index is 0.0252. The number of hydrogen-bond donors (Lipinski definition) is 2. The fourth-order valence-corrected chi connectivity index (χ4v) is 6.68. The normalized spacial score (nSPS) is 22.7. The third-order valence-electron chi connectivity index (χ3n) is 8.14. The minimum atomic E-state index is -4.30. The number of carbonyl (C=O) groups excluding carboxylic acids is 6. The molecule has 10 nitrogen and oxygen atoms in total. The Balaban J connectivity index is 1.27. The number of fused-ring (bicyclic) bond motifs is 2. The molecule has 2 unspecified atom stereocenters. The van der Waals surface area contributed by atoms with E-state index in [1.807, 2.05) is 0 Å². The topological polar surface area (TPSA) is 161 Å². The Hall–Kier alpha value is -3.99. The van der Waals surface area contributed by atoms with Gasteiger partial charge in [0, 0.05) is 34.3 Å². The van der Waals surface area contributed by atoms with Gasteiger partial charge in [-0.15, -0.1) is 0 Å². The molecule has 0 radical (unpaired) electrons. The van der Waals surface area contributed by atoms with Crippen LogP contribution in [-0.4, -0.2) is 55.4 Å². The van der Waals surface area contributed by atoms with Crippen molar-refractivity contribution in [1.82, 2.24) is 10.6 Å². The van der Waals surface area contributed by atoms with Gasteiger partial charge in [-0.2, -0.15) is 0 Å². The Bertz CT molecular complexity index is 1500. The van der Waals surface area contributed by atoms with Gasteiger partial charge in [0.2, 0.25) is 21.7 Å². The molecular formula is C28H24N2O8S. The smallest absolute Gasteiger partial charge is 0.239 e. The summed E-state index contributed by atoms with van der Waals surface area (Å²) in [6, 6.07) is 6.74. The van der Waals surface area contributed by atoms with Crippen LogP contribution in [0.4, 0.5) is 0 Å². The molecule has 0 heterocycles. The van der Waals surface area contributed by atoms with Crippen LogP contribution in [-0.2, 0) is 19.4 Å². The average molecular weight is 549 g/mol. The van der Waals surface area contributed by atoms with Gasteiger partial charge in [-0.3, -0.25) is 28.8 Å². The van der Waals surface area contributed by atoms with Crippen LogP contribution in [0, 0.1) is 11.8 Å². The standard InChI is InChI=1S/C28H24N2O8S/c31-23-17-9-7-15(11-19(17)25(33)21(23)27(35)29-13-3-1-4-13)39(37,38)16-8-10-18-20(12-16)26(34)22(24(18)32)28(36)30-14-5-2-6-14/h7-14,21-22H,1-6H2,(H,29,35)(H,30,36). The van der Waals surface area contributed by atoms with Crippen molar-refractivity contribution in [2.75, 3.05) is 0 Å². The van der Waals surface area contributed by atoms with Crippen LogP contribution in [0.1, 0.15) is 80.0 Å². The van der Waals surface area contributed by atoms with Crippen molar-refractivity contribution in [3.8, 4) is 0 Å². The quantitative estimate of drug-likeness (QED) is 0.517. The van der Waals surface area contributed by atoms with Gasteiger partial charge in [-0.05, 0) is 74.9 Å². The van der Waals surface area contributed by atoms with E-state index in [0.29, 0.717) is 0 Å². The number of carbonyl (C=O) groups is 6. The summed E-state index contributed by atoms with van der Waals surface area (Å²) in [6.07, 6.45) is 5.01. The molecule has 2 atom stereocenters. The number of hydrogen-bond acceptors (Lipinski definition) is 8. The summed E-state index contributed by atoms with van der Waals surface area (Å²) in [5, 5.41) is 5.40. The van der Waals surface area contributed by atoms with Crippen LogP contribution in [0.15, 0.2) is 46.2 Å². The molecule has 2 saturated carbocycles. The maximum Gasteiger partial charge on any atom is 0.239 e.